The summed E-state index contributed by atoms with van der Waals surface area (Å²) in [5.74, 6) is -1.16. The molecule has 3 rings (SSSR count). The maximum Gasteiger partial charge on any atom is 0.303 e. The van der Waals surface area contributed by atoms with Crippen LogP contribution in [0.4, 0.5) is 0 Å². The lowest BCUT2D eigenvalue weighted by atomic mass is 9.94. The number of hydrogen-bond acceptors (Lipinski definition) is 3. The predicted molar refractivity (Wildman–Crippen MR) is 140 cm³/mol. The summed E-state index contributed by atoms with van der Waals surface area (Å²) < 4.78 is 0. The van der Waals surface area contributed by atoms with Gasteiger partial charge in [0, 0.05) is 31.0 Å². The molecule has 1 atom stereocenters. The van der Waals surface area contributed by atoms with Crippen molar-refractivity contribution in [1.29, 1.82) is 5.26 Å². The highest BCUT2D eigenvalue weighted by molar-refractivity contribution is 6.42. The van der Waals surface area contributed by atoms with E-state index < -0.39 is 5.97 Å². The summed E-state index contributed by atoms with van der Waals surface area (Å²) in [5, 5.41) is 21.0. The van der Waals surface area contributed by atoms with Gasteiger partial charge in [-0.1, -0.05) is 59.6 Å². The van der Waals surface area contributed by atoms with Gasteiger partial charge in [0.15, 0.2) is 0 Å². The van der Waals surface area contributed by atoms with Crippen molar-refractivity contribution in [3.05, 3.63) is 94.0 Å². The third-order valence-corrected chi connectivity index (χ3v) is 6.62. The Balaban J connectivity index is 1.98. The van der Waals surface area contributed by atoms with E-state index in [0.717, 1.165) is 16.3 Å². The number of benzene rings is 3. The molecule has 3 aromatic carbocycles. The monoisotopic (exact) mass is 508 g/mol. The van der Waals surface area contributed by atoms with Crippen molar-refractivity contribution >= 4 is 45.9 Å². The fourth-order valence-corrected chi connectivity index (χ4v) is 4.43. The molecule has 0 aliphatic heterocycles. The van der Waals surface area contributed by atoms with Gasteiger partial charge < -0.3 is 10.0 Å². The highest BCUT2D eigenvalue weighted by Crippen LogP contribution is 2.30. The summed E-state index contributed by atoms with van der Waals surface area (Å²) in [7, 11) is 0. The first-order chi connectivity index (χ1) is 16.8. The van der Waals surface area contributed by atoms with Crippen LogP contribution in [0.15, 0.2) is 67.3 Å². The molecular weight excluding hydrogens is 483 g/mol. The average Bonchev–Trinajstić information content (AvgIpc) is 2.85. The number of carbonyl (C=O) groups excluding carboxylic acids is 1. The van der Waals surface area contributed by atoms with Crippen molar-refractivity contribution in [2.24, 2.45) is 0 Å². The van der Waals surface area contributed by atoms with E-state index >= 15 is 0 Å². The molecule has 0 heterocycles. The molecule has 0 aliphatic rings. The number of carbonyl (C=O) groups is 2. The number of carboxylic acid groups (broad SMARTS) is 1. The Kier molecular flexibility index (Phi) is 9.31. The van der Waals surface area contributed by atoms with E-state index in [1.165, 1.54) is 0 Å². The Hall–Kier alpha value is -3.33. The smallest absolute Gasteiger partial charge is 0.303 e. The SMILES string of the molecule is C=CCC(CN(CCCCC(=O)O)C(=O)c1cc(C#N)cc2ccccc12)c1ccc(Cl)c(Cl)c1. The molecule has 1 unspecified atom stereocenters. The molecule has 0 radical (unpaired) electrons. The van der Waals surface area contributed by atoms with E-state index in [2.05, 4.69) is 12.6 Å². The molecule has 5 nitrogen and oxygen atoms in total. The molecule has 0 spiro atoms. The van der Waals surface area contributed by atoms with Gasteiger partial charge in [-0.05, 0) is 59.9 Å². The van der Waals surface area contributed by atoms with Crippen LogP contribution >= 0.6 is 23.2 Å². The summed E-state index contributed by atoms with van der Waals surface area (Å²) in [5.41, 5.74) is 1.78. The summed E-state index contributed by atoms with van der Waals surface area (Å²) >= 11 is 12.4. The molecule has 0 saturated heterocycles. The zero-order valence-electron chi connectivity index (χ0n) is 19.2. The Labute approximate surface area is 215 Å². The normalized spacial score (nSPS) is 11.6. The number of nitriles is 1. The van der Waals surface area contributed by atoms with Gasteiger partial charge >= 0.3 is 5.97 Å². The minimum atomic E-state index is -0.865. The van der Waals surface area contributed by atoms with Crippen molar-refractivity contribution in [3.63, 3.8) is 0 Å². The number of aliphatic carboxylic acids is 1. The van der Waals surface area contributed by atoms with Crippen LogP contribution in [0.5, 0.6) is 0 Å². The second-order valence-electron chi connectivity index (χ2n) is 8.35. The quantitative estimate of drug-likeness (QED) is 0.221. The van der Waals surface area contributed by atoms with E-state index in [9.17, 15) is 14.9 Å². The molecule has 1 N–H and O–H groups in total. The standard InChI is InChI=1S/C28H26Cl2N2O3/c1-2-7-22(20-11-12-25(29)26(30)16-20)18-32(13-6-5-10-27(33)34)28(35)24-15-19(17-31)14-21-8-3-4-9-23(21)24/h2-4,8-9,11-12,14-16,22H,1,5-7,10,13,18H2,(H,33,34). The number of hydrogen-bond donors (Lipinski definition) is 1. The summed E-state index contributed by atoms with van der Waals surface area (Å²) in [6.45, 7) is 4.63. The van der Waals surface area contributed by atoms with Gasteiger partial charge in [-0.25, -0.2) is 0 Å². The number of allylic oxidation sites excluding steroid dienone is 1. The molecule has 180 valence electrons. The van der Waals surface area contributed by atoms with Crippen molar-refractivity contribution in [2.45, 2.75) is 31.6 Å². The van der Waals surface area contributed by atoms with Crippen LogP contribution in [0.2, 0.25) is 10.0 Å². The number of amides is 1. The minimum absolute atomic E-state index is 0.0394. The first-order valence-corrected chi connectivity index (χ1v) is 12.1. The van der Waals surface area contributed by atoms with Gasteiger partial charge in [0.05, 0.1) is 21.7 Å². The van der Waals surface area contributed by atoms with Gasteiger partial charge in [0.2, 0.25) is 0 Å². The Morgan fingerprint density at radius 1 is 1.09 bits per heavy atom. The summed E-state index contributed by atoms with van der Waals surface area (Å²) in [6, 6.07) is 18.4. The number of rotatable bonds is 11. The molecule has 1 amide bonds. The molecule has 0 saturated carbocycles. The average molecular weight is 509 g/mol. The number of halogens is 2. The summed E-state index contributed by atoms with van der Waals surface area (Å²) in [4.78, 5) is 26.6. The minimum Gasteiger partial charge on any atom is -0.481 e. The first kappa shape index (κ1) is 26.3. The topological polar surface area (TPSA) is 81.4 Å². The van der Waals surface area contributed by atoms with Crippen molar-refractivity contribution in [1.82, 2.24) is 4.90 Å². The molecule has 0 aromatic heterocycles. The van der Waals surface area contributed by atoms with Gasteiger partial charge in [-0.3, -0.25) is 9.59 Å². The lowest BCUT2D eigenvalue weighted by Crippen LogP contribution is -2.36. The van der Waals surface area contributed by atoms with Crippen LogP contribution in [-0.2, 0) is 4.79 Å². The van der Waals surface area contributed by atoms with Gasteiger partial charge in [-0.15, -0.1) is 6.58 Å². The first-order valence-electron chi connectivity index (χ1n) is 11.3. The fourth-order valence-electron chi connectivity index (χ4n) is 4.13. The Morgan fingerprint density at radius 3 is 2.54 bits per heavy atom. The summed E-state index contributed by atoms with van der Waals surface area (Å²) in [6.07, 6.45) is 3.44. The number of fused-ring (bicyclic) bond motifs is 1. The Bertz CT molecular complexity index is 1280. The maximum absolute atomic E-state index is 13.9. The predicted octanol–water partition coefficient (Wildman–Crippen LogP) is 7.08. The molecule has 35 heavy (non-hydrogen) atoms. The highest BCUT2D eigenvalue weighted by Gasteiger charge is 2.23. The second kappa shape index (κ2) is 12.4. The Morgan fingerprint density at radius 2 is 1.86 bits per heavy atom. The lowest BCUT2D eigenvalue weighted by Gasteiger charge is -2.28. The third kappa shape index (κ3) is 6.85. The number of carboxylic acids is 1. The van der Waals surface area contributed by atoms with Gasteiger partial charge in [-0.2, -0.15) is 5.26 Å². The van der Waals surface area contributed by atoms with Crippen LogP contribution in [0, 0.1) is 11.3 Å². The number of unbranched alkanes of at least 4 members (excludes halogenated alkanes) is 1. The van der Waals surface area contributed by atoms with E-state index in [1.54, 1.807) is 35.2 Å². The van der Waals surface area contributed by atoms with E-state index in [1.807, 2.05) is 30.3 Å². The van der Waals surface area contributed by atoms with Crippen LogP contribution in [0.25, 0.3) is 10.8 Å². The third-order valence-electron chi connectivity index (χ3n) is 5.88. The molecule has 7 heteroatoms. The molecule has 0 bridgehead atoms. The van der Waals surface area contributed by atoms with Gasteiger partial charge in [0.25, 0.3) is 5.91 Å². The van der Waals surface area contributed by atoms with E-state index in [0.29, 0.717) is 53.5 Å². The zero-order valence-corrected chi connectivity index (χ0v) is 20.7. The van der Waals surface area contributed by atoms with Gasteiger partial charge in [0.1, 0.15) is 0 Å². The van der Waals surface area contributed by atoms with Crippen molar-refractivity contribution in [3.8, 4) is 6.07 Å². The maximum atomic E-state index is 13.9. The second-order valence-corrected chi connectivity index (χ2v) is 9.17. The van der Waals surface area contributed by atoms with Crippen molar-refractivity contribution in [2.75, 3.05) is 13.1 Å². The van der Waals surface area contributed by atoms with Crippen LogP contribution in [-0.4, -0.2) is 35.0 Å². The molecule has 0 fully saturated rings. The van der Waals surface area contributed by atoms with E-state index in [4.69, 9.17) is 28.3 Å². The van der Waals surface area contributed by atoms with Crippen molar-refractivity contribution < 1.29 is 14.7 Å². The van der Waals surface area contributed by atoms with E-state index in [-0.39, 0.29) is 18.2 Å². The zero-order chi connectivity index (χ0) is 25.4. The van der Waals surface area contributed by atoms with Crippen LogP contribution < -0.4 is 0 Å². The lowest BCUT2D eigenvalue weighted by molar-refractivity contribution is -0.137. The molecular formula is C28H26Cl2N2O3. The van der Waals surface area contributed by atoms with Crippen LogP contribution in [0.1, 0.15) is 53.1 Å². The fraction of sp³-hybridized carbons (Fsp3) is 0.250. The molecule has 0 aliphatic carbocycles. The highest BCUT2D eigenvalue weighted by atomic mass is 35.5. The molecule has 3 aromatic rings. The number of nitrogens with zero attached hydrogens (tertiary/aromatic N) is 2. The van der Waals surface area contributed by atoms with Crippen LogP contribution in [0.3, 0.4) is 0 Å². The largest absolute Gasteiger partial charge is 0.481 e.